The summed E-state index contributed by atoms with van der Waals surface area (Å²) in [5, 5.41) is -0.328. The molecule has 0 amide bonds. The first kappa shape index (κ1) is 14.8. The van der Waals surface area contributed by atoms with Gasteiger partial charge in [-0.2, -0.15) is 0 Å². The Morgan fingerprint density at radius 2 is 1.07 bits per heavy atom. The molecule has 0 aliphatic carbocycles. The quantitative estimate of drug-likeness (QED) is 0.188. The fourth-order valence-corrected chi connectivity index (χ4v) is 6.44. The van der Waals surface area contributed by atoms with Gasteiger partial charge in [0.05, 0.1) is 25.9 Å². The van der Waals surface area contributed by atoms with Crippen LogP contribution in [0.25, 0.3) is 98.8 Å². The molecule has 46 heavy (non-hydrogen) atoms. The van der Waals surface area contributed by atoms with Gasteiger partial charge in [0.1, 0.15) is 22.5 Å². The Morgan fingerprint density at radius 1 is 0.413 bits per heavy atom. The number of hydrogen-bond acceptors (Lipinski definition) is 2. The summed E-state index contributed by atoms with van der Waals surface area (Å²) < 4.78 is 149. The average Bonchev–Trinajstić information content (AvgIpc) is 3.84. The maximum atomic E-state index is 9.56. The van der Waals surface area contributed by atoms with Crippen molar-refractivity contribution in [1.82, 2.24) is 0 Å². The highest BCUT2D eigenvalue weighted by Crippen LogP contribution is 2.51. The van der Waals surface area contributed by atoms with Crippen molar-refractivity contribution in [2.75, 3.05) is 0 Å². The first-order chi connectivity index (χ1) is 29.1. The fraction of sp³-hybridized carbons (Fsp3) is 0. The summed E-state index contributed by atoms with van der Waals surface area (Å²) in [6.07, 6.45) is 0. The summed E-state index contributed by atoms with van der Waals surface area (Å²) in [5.41, 5.74) is 1.14. The minimum Gasteiger partial charge on any atom is -0.456 e. The maximum Gasteiger partial charge on any atom is 0.147 e. The second-order valence-corrected chi connectivity index (χ2v) is 10.8. The van der Waals surface area contributed by atoms with Gasteiger partial charge < -0.3 is 8.83 Å². The summed E-state index contributed by atoms with van der Waals surface area (Å²) in [5.74, 6) is 0.195. The molecule has 8 aromatic carbocycles. The molecule has 2 heterocycles. The Kier molecular flexibility index (Phi) is 3.11. The van der Waals surface area contributed by atoms with Crippen molar-refractivity contribution in [3.05, 3.63) is 157 Å². The zero-order valence-corrected chi connectivity index (χ0v) is 23.7. The molecule has 214 valence electrons. The zero-order valence-electron chi connectivity index (χ0n) is 38.7. The Labute approximate surface area is 285 Å². The monoisotopic (exact) mass is 601 g/mol. The van der Waals surface area contributed by atoms with Crippen molar-refractivity contribution in [3.63, 3.8) is 0 Å². The van der Waals surface area contributed by atoms with E-state index in [0.29, 0.717) is 38.5 Å². The van der Waals surface area contributed by atoms with Gasteiger partial charge >= 0.3 is 0 Å². The SMILES string of the molecule is [2H]c1c([2H])c([2H])c2c([2H])c(-c3c4c([2H])c([2H])c([2H])c([2H])c4c(-c4c(-c5ccccc5)oc5c4ccc4oc6ccccc6c45)c4c([2H])c([2H])c([2H])c([2H])c34)c([2H])c([2H])c2c1[2H]. The lowest BCUT2D eigenvalue weighted by molar-refractivity contribution is 0.634. The summed E-state index contributed by atoms with van der Waals surface area (Å²) in [7, 11) is 0. The number of para-hydroxylation sites is 1. The number of furan rings is 2. The molecule has 10 aromatic rings. The van der Waals surface area contributed by atoms with E-state index in [1.54, 1.807) is 48.5 Å². The average molecular weight is 602 g/mol. The van der Waals surface area contributed by atoms with E-state index in [0.717, 1.165) is 0 Å². The van der Waals surface area contributed by atoms with Crippen molar-refractivity contribution in [2.45, 2.75) is 0 Å². The largest absolute Gasteiger partial charge is 0.456 e. The van der Waals surface area contributed by atoms with Gasteiger partial charge in [0.2, 0.25) is 0 Å². The number of fused-ring (bicyclic) bond motifs is 8. The molecular formula is C44H26O2. The molecule has 2 aromatic heterocycles. The second-order valence-electron chi connectivity index (χ2n) is 10.8. The summed E-state index contributed by atoms with van der Waals surface area (Å²) in [6.45, 7) is 0. The molecule has 0 saturated heterocycles. The van der Waals surface area contributed by atoms with Crippen molar-refractivity contribution in [2.24, 2.45) is 0 Å². The van der Waals surface area contributed by atoms with Crippen LogP contribution >= 0.6 is 0 Å². The van der Waals surface area contributed by atoms with Gasteiger partial charge in [-0.25, -0.2) is 0 Å². The first-order valence-corrected chi connectivity index (χ1v) is 14.5. The highest BCUT2D eigenvalue weighted by molar-refractivity contribution is 6.27. The zero-order chi connectivity index (χ0) is 43.2. The predicted molar refractivity (Wildman–Crippen MR) is 192 cm³/mol. The van der Waals surface area contributed by atoms with Gasteiger partial charge in [-0.1, -0.05) is 133 Å². The molecule has 0 fully saturated rings. The van der Waals surface area contributed by atoms with Crippen LogP contribution in [-0.2, 0) is 0 Å². The van der Waals surface area contributed by atoms with Crippen LogP contribution in [0.4, 0.5) is 0 Å². The van der Waals surface area contributed by atoms with Gasteiger partial charge in [-0.05, 0) is 67.7 Å². The molecule has 0 aliphatic rings. The highest BCUT2D eigenvalue weighted by Gasteiger charge is 2.26. The lowest BCUT2D eigenvalue weighted by Gasteiger charge is -2.18. The van der Waals surface area contributed by atoms with Crippen LogP contribution in [0.3, 0.4) is 0 Å². The van der Waals surface area contributed by atoms with Crippen molar-refractivity contribution in [3.8, 4) is 33.6 Å². The standard InChI is InChI=1S/C44H26O2/c1-2-13-28(14-3-1)43-42(36-24-25-38-41(44(36)46-43)35-20-10-11-21-37(35)45-38)40-33-18-8-6-16-31(33)39(32-17-7-9-19-34(32)40)30-23-22-27-12-4-5-15-29(27)26-30/h1-26H/i4D,5D,6D,7D,8D,9D,12D,15D,16D,17D,18D,19D,22D,23D,26D. The third-order valence-corrected chi connectivity index (χ3v) is 8.36. The molecule has 0 unspecified atom stereocenters. The van der Waals surface area contributed by atoms with E-state index in [9.17, 15) is 8.22 Å². The fourth-order valence-electron chi connectivity index (χ4n) is 6.44. The molecular weight excluding hydrogens is 560 g/mol. The molecule has 0 bridgehead atoms. The minimum absolute atomic E-state index is 0.0515. The summed E-state index contributed by atoms with van der Waals surface area (Å²) in [6, 6.07) is 9.24. The number of hydrogen-bond donors (Lipinski definition) is 0. The van der Waals surface area contributed by atoms with E-state index < -0.39 is 113 Å². The Bertz CT molecular complexity index is 3570. The topological polar surface area (TPSA) is 26.3 Å². The van der Waals surface area contributed by atoms with Gasteiger partial charge in [0.15, 0.2) is 0 Å². The summed E-state index contributed by atoms with van der Waals surface area (Å²) >= 11 is 0. The van der Waals surface area contributed by atoms with Crippen molar-refractivity contribution < 1.29 is 29.4 Å². The van der Waals surface area contributed by atoms with E-state index in [-0.39, 0.29) is 38.4 Å². The minimum atomic E-state index is -0.759. The predicted octanol–water partition coefficient (Wildman–Crippen LogP) is 12.8. The van der Waals surface area contributed by atoms with Crippen LogP contribution in [0.5, 0.6) is 0 Å². The molecule has 10 rings (SSSR count). The number of benzene rings is 8. The third kappa shape index (κ3) is 3.59. The molecule has 0 radical (unpaired) electrons. The van der Waals surface area contributed by atoms with Crippen LogP contribution in [-0.4, -0.2) is 0 Å². The lowest BCUT2D eigenvalue weighted by atomic mass is 9.84. The molecule has 2 nitrogen and oxygen atoms in total. The second kappa shape index (κ2) is 9.69. The molecule has 2 heteroatoms. The molecule has 0 saturated carbocycles. The highest BCUT2D eigenvalue weighted by atomic mass is 16.3. The molecule has 0 N–H and O–H groups in total. The summed E-state index contributed by atoms with van der Waals surface area (Å²) in [4.78, 5) is 0. The van der Waals surface area contributed by atoms with E-state index in [1.165, 1.54) is 0 Å². The van der Waals surface area contributed by atoms with Gasteiger partial charge in [0.25, 0.3) is 0 Å². The van der Waals surface area contributed by atoms with E-state index in [2.05, 4.69) is 0 Å². The maximum absolute atomic E-state index is 9.56. The van der Waals surface area contributed by atoms with Gasteiger partial charge in [0, 0.05) is 27.5 Å². The molecule has 0 atom stereocenters. The van der Waals surface area contributed by atoms with Crippen LogP contribution in [0.1, 0.15) is 20.6 Å². The van der Waals surface area contributed by atoms with Crippen LogP contribution in [0.15, 0.2) is 166 Å². The smallest absolute Gasteiger partial charge is 0.147 e. The van der Waals surface area contributed by atoms with Crippen molar-refractivity contribution >= 4 is 65.2 Å². The van der Waals surface area contributed by atoms with Crippen molar-refractivity contribution in [1.29, 1.82) is 0 Å². The van der Waals surface area contributed by atoms with Crippen LogP contribution < -0.4 is 0 Å². The van der Waals surface area contributed by atoms with Gasteiger partial charge in [-0.15, -0.1) is 0 Å². The Morgan fingerprint density at radius 3 is 1.83 bits per heavy atom. The van der Waals surface area contributed by atoms with Crippen LogP contribution in [0, 0.1) is 0 Å². The van der Waals surface area contributed by atoms with E-state index in [1.807, 2.05) is 18.2 Å². The Hall–Kier alpha value is -6.12. The van der Waals surface area contributed by atoms with Gasteiger partial charge in [-0.3, -0.25) is 0 Å². The van der Waals surface area contributed by atoms with Crippen LogP contribution in [0.2, 0.25) is 0 Å². The Balaban J connectivity index is 1.54. The van der Waals surface area contributed by atoms with E-state index >= 15 is 0 Å². The lowest BCUT2D eigenvalue weighted by Crippen LogP contribution is -1.91. The number of rotatable bonds is 3. The first-order valence-electron chi connectivity index (χ1n) is 22.0. The normalized spacial score (nSPS) is 16.5. The third-order valence-electron chi connectivity index (χ3n) is 8.36. The molecule has 0 spiro atoms. The van der Waals surface area contributed by atoms with E-state index in [4.69, 9.17) is 21.2 Å². The molecule has 0 aliphatic heterocycles.